The number of hydrogen-bond acceptors (Lipinski definition) is 2. The molecule has 1 aliphatic heterocycles. The van der Waals surface area contributed by atoms with Crippen LogP contribution in [0.1, 0.15) is 40.8 Å². The molecule has 2 N–H and O–H groups in total. The van der Waals surface area contributed by atoms with Crippen molar-refractivity contribution in [2.75, 3.05) is 0 Å². The predicted octanol–water partition coefficient (Wildman–Crippen LogP) is 4.59. The number of fused-ring (bicyclic) bond motifs is 1. The highest BCUT2D eigenvalue weighted by Crippen LogP contribution is 2.41. The molecular weight excluding hydrogens is 314 g/mol. The van der Waals surface area contributed by atoms with E-state index >= 15 is 0 Å². The largest absolute Gasteiger partial charge is 0.485 e. The van der Waals surface area contributed by atoms with Gasteiger partial charge in [-0.25, -0.2) is 0 Å². The van der Waals surface area contributed by atoms with Crippen molar-refractivity contribution in [1.82, 2.24) is 0 Å². The molecule has 2 atom stereocenters. The Labute approximate surface area is 128 Å². The molecule has 0 radical (unpaired) electrons. The molecule has 2 aromatic rings. The van der Waals surface area contributed by atoms with Gasteiger partial charge in [-0.1, -0.05) is 45.8 Å². The molecule has 3 heteroatoms. The molecule has 104 valence electrons. The zero-order valence-electron chi connectivity index (χ0n) is 11.7. The third-order valence-electron chi connectivity index (χ3n) is 3.80. The van der Waals surface area contributed by atoms with Gasteiger partial charge in [-0.2, -0.15) is 0 Å². The standard InChI is InChI=1S/C17H18BrNO/c1-10-4-6-16-13(7-10)15(19)9-17(20-16)12-5-3-11(2)8-14(12)18/h3-8,15,17H,9,19H2,1-2H3/t15-,17?/m1/s1. The third-order valence-corrected chi connectivity index (χ3v) is 4.49. The van der Waals surface area contributed by atoms with Crippen molar-refractivity contribution in [1.29, 1.82) is 0 Å². The molecule has 0 aliphatic carbocycles. The lowest BCUT2D eigenvalue weighted by Crippen LogP contribution is -2.24. The number of rotatable bonds is 1. The molecule has 0 fully saturated rings. The molecule has 0 amide bonds. The minimum Gasteiger partial charge on any atom is -0.485 e. The molecule has 20 heavy (non-hydrogen) atoms. The maximum atomic E-state index is 6.33. The van der Waals surface area contributed by atoms with Crippen LogP contribution in [0.4, 0.5) is 0 Å². The maximum Gasteiger partial charge on any atom is 0.127 e. The van der Waals surface area contributed by atoms with Gasteiger partial charge in [0.25, 0.3) is 0 Å². The number of aryl methyl sites for hydroxylation is 2. The maximum absolute atomic E-state index is 6.33. The lowest BCUT2D eigenvalue weighted by molar-refractivity contribution is 0.161. The van der Waals surface area contributed by atoms with E-state index in [1.165, 1.54) is 11.1 Å². The molecule has 2 nitrogen and oxygen atoms in total. The molecule has 0 spiro atoms. The number of hydrogen-bond donors (Lipinski definition) is 1. The van der Waals surface area contributed by atoms with Crippen LogP contribution in [-0.2, 0) is 0 Å². The number of ether oxygens (including phenoxy) is 1. The summed E-state index contributed by atoms with van der Waals surface area (Å²) in [4.78, 5) is 0. The molecule has 2 aromatic carbocycles. The van der Waals surface area contributed by atoms with E-state index in [1.54, 1.807) is 0 Å². The summed E-state index contributed by atoms with van der Waals surface area (Å²) >= 11 is 3.63. The predicted molar refractivity (Wildman–Crippen MR) is 85.0 cm³/mol. The Morgan fingerprint density at radius 2 is 1.75 bits per heavy atom. The first-order chi connectivity index (χ1) is 9.54. The smallest absolute Gasteiger partial charge is 0.127 e. The summed E-state index contributed by atoms with van der Waals surface area (Å²) in [6, 6.07) is 12.6. The van der Waals surface area contributed by atoms with Crippen molar-refractivity contribution in [3.05, 3.63) is 63.1 Å². The van der Waals surface area contributed by atoms with Crippen LogP contribution in [0, 0.1) is 13.8 Å². The fraction of sp³-hybridized carbons (Fsp3) is 0.294. The average molecular weight is 332 g/mol. The summed E-state index contributed by atoms with van der Waals surface area (Å²) in [5.74, 6) is 0.909. The second-order valence-electron chi connectivity index (χ2n) is 5.51. The van der Waals surface area contributed by atoms with Gasteiger partial charge in [0.05, 0.1) is 0 Å². The lowest BCUT2D eigenvalue weighted by Gasteiger charge is -2.31. The number of nitrogens with two attached hydrogens (primary N) is 1. The number of benzene rings is 2. The normalized spacial score (nSPS) is 21.2. The molecular formula is C17H18BrNO. The Morgan fingerprint density at radius 1 is 1.05 bits per heavy atom. The minimum atomic E-state index is 0.00943. The van der Waals surface area contributed by atoms with E-state index in [-0.39, 0.29) is 12.1 Å². The Kier molecular flexibility index (Phi) is 3.57. The summed E-state index contributed by atoms with van der Waals surface area (Å²) in [6.07, 6.45) is 0.813. The van der Waals surface area contributed by atoms with Crippen LogP contribution in [0.25, 0.3) is 0 Å². The second kappa shape index (κ2) is 5.23. The first kappa shape index (κ1) is 13.7. The second-order valence-corrected chi connectivity index (χ2v) is 6.37. The van der Waals surface area contributed by atoms with Crippen LogP contribution in [0.15, 0.2) is 40.9 Å². The van der Waals surface area contributed by atoms with E-state index in [1.807, 2.05) is 6.07 Å². The summed E-state index contributed by atoms with van der Waals surface area (Å²) in [7, 11) is 0. The number of halogens is 1. The van der Waals surface area contributed by atoms with E-state index in [9.17, 15) is 0 Å². The highest BCUT2D eigenvalue weighted by atomic mass is 79.9. The van der Waals surface area contributed by atoms with Gasteiger partial charge in [0, 0.05) is 28.1 Å². The Hall–Kier alpha value is -1.32. The summed E-state index contributed by atoms with van der Waals surface area (Å²) in [5.41, 5.74) is 11.1. The van der Waals surface area contributed by atoms with Gasteiger partial charge < -0.3 is 10.5 Å². The van der Waals surface area contributed by atoms with Crippen molar-refractivity contribution in [3.63, 3.8) is 0 Å². The minimum absolute atomic E-state index is 0.00943. The average Bonchev–Trinajstić information content (AvgIpc) is 2.39. The van der Waals surface area contributed by atoms with Crippen molar-refractivity contribution in [3.8, 4) is 5.75 Å². The van der Waals surface area contributed by atoms with Crippen LogP contribution in [0.2, 0.25) is 0 Å². The summed E-state index contributed by atoms with van der Waals surface area (Å²) < 4.78 is 7.24. The van der Waals surface area contributed by atoms with Crippen molar-refractivity contribution >= 4 is 15.9 Å². The Morgan fingerprint density at radius 3 is 2.50 bits per heavy atom. The SMILES string of the molecule is Cc1ccc(C2C[C@@H](N)c3cc(C)ccc3O2)c(Br)c1. The van der Waals surface area contributed by atoms with Crippen LogP contribution in [-0.4, -0.2) is 0 Å². The van der Waals surface area contributed by atoms with Crippen LogP contribution in [0.5, 0.6) is 5.75 Å². The summed E-state index contributed by atoms with van der Waals surface area (Å²) in [5, 5.41) is 0. The van der Waals surface area contributed by atoms with Crippen LogP contribution < -0.4 is 10.5 Å². The van der Waals surface area contributed by atoms with Gasteiger partial charge in [-0.05, 0) is 31.5 Å². The molecule has 1 aliphatic rings. The van der Waals surface area contributed by atoms with E-state index in [0.717, 1.165) is 27.8 Å². The molecule has 1 unspecified atom stereocenters. The van der Waals surface area contributed by atoms with Gasteiger partial charge >= 0.3 is 0 Å². The molecule has 0 aromatic heterocycles. The first-order valence-electron chi connectivity index (χ1n) is 6.83. The molecule has 0 saturated heterocycles. The van der Waals surface area contributed by atoms with Crippen LogP contribution >= 0.6 is 15.9 Å². The molecule has 0 bridgehead atoms. The van der Waals surface area contributed by atoms with Gasteiger partial charge in [0.2, 0.25) is 0 Å². The topological polar surface area (TPSA) is 35.2 Å². The summed E-state index contributed by atoms with van der Waals surface area (Å²) in [6.45, 7) is 4.16. The molecule has 3 rings (SSSR count). The fourth-order valence-electron chi connectivity index (χ4n) is 2.71. The van der Waals surface area contributed by atoms with Gasteiger partial charge in [-0.3, -0.25) is 0 Å². The molecule has 0 saturated carbocycles. The zero-order valence-corrected chi connectivity index (χ0v) is 13.3. The van der Waals surface area contributed by atoms with E-state index in [2.05, 4.69) is 60.1 Å². The molecule has 1 heterocycles. The lowest BCUT2D eigenvalue weighted by atomic mass is 9.92. The fourth-order valence-corrected chi connectivity index (χ4v) is 3.46. The van der Waals surface area contributed by atoms with E-state index in [4.69, 9.17) is 10.5 Å². The monoisotopic (exact) mass is 331 g/mol. The van der Waals surface area contributed by atoms with Crippen LogP contribution in [0.3, 0.4) is 0 Å². The van der Waals surface area contributed by atoms with Gasteiger partial charge in [0.1, 0.15) is 11.9 Å². The third kappa shape index (κ3) is 2.48. The van der Waals surface area contributed by atoms with E-state index in [0.29, 0.717) is 0 Å². The van der Waals surface area contributed by atoms with Gasteiger partial charge in [-0.15, -0.1) is 0 Å². The Balaban J connectivity index is 1.97. The highest BCUT2D eigenvalue weighted by Gasteiger charge is 2.28. The van der Waals surface area contributed by atoms with Crippen molar-refractivity contribution in [2.45, 2.75) is 32.4 Å². The highest BCUT2D eigenvalue weighted by molar-refractivity contribution is 9.10. The van der Waals surface area contributed by atoms with E-state index < -0.39 is 0 Å². The van der Waals surface area contributed by atoms with Gasteiger partial charge in [0.15, 0.2) is 0 Å². The first-order valence-corrected chi connectivity index (χ1v) is 7.63. The Bertz CT molecular complexity index is 653. The zero-order chi connectivity index (χ0) is 14.3. The quantitative estimate of drug-likeness (QED) is 0.829. The van der Waals surface area contributed by atoms with Crippen molar-refractivity contribution < 1.29 is 4.74 Å². The van der Waals surface area contributed by atoms with Crippen molar-refractivity contribution in [2.24, 2.45) is 5.73 Å².